The van der Waals surface area contributed by atoms with E-state index < -0.39 is 0 Å². The van der Waals surface area contributed by atoms with E-state index in [1.165, 1.54) is 0 Å². The van der Waals surface area contributed by atoms with Crippen LogP contribution < -0.4 is 15.2 Å². The van der Waals surface area contributed by atoms with Crippen molar-refractivity contribution in [3.05, 3.63) is 23.9 Å². The molecule has 0 amide bonds. The Bertz CT molecular complexity index is 593. The molecule has 5 nitrogen and oxygen atoms in total. The summed E-state index contributed by atoms with van der Waals surface area (Å²) in [6.07, 6.45) is 0.965. The molecule has 1 unspecified atom stereocenters. The van der Waals surface area contributed by atoms with Crippen LogP contribution in [0.2, 0.25) is 0 Å². The van der Waals surface area contributed by atoms with Crippen LogP contribution in [0.3, 0.4) is 0 Å². The number of rotatable bonds is 5. The molecule has 0 aliphatic heterocycles. The maximum Gasteiger partial charge on any atom is 0.230 e. The van der Waals surface area contributed by atoms with Crippen molar-refractivity contribution in [3.63, 3.8) is 0 Å². The molecule has 1 atom stereocenters. The van der Waals surface area contributed by atoms with Crippen molar-refractivity contribution in [1.82, 2.24) is 5.16 Å². The zero-order chi connectivity index (χ0) is 14.7. The summed E-state index contributed by atoms with van der Waals surface area (Å²) in [7, 11) is 3.21. The molecule has 2 rings (SSSR count). The summed E-state index contributed by atoms with van der Waals surface area (Å²) < 4.78 is 15.7. The number of methoxy groups -OCH3 is 2. The number of hydrogen-bond acceptors (Lipinski definition) is 5. The first kappa shape index (κ1) is 14.2. The second kappa shape index (κ2) is 5.86. The fourth-order valence-corrected chi connectivity index (χ4v) is 2.13. The third-order valence-corrected chi connectivity index (χ3v) is 3.50. The maximum absolute atomic E-state index is 5.93. The predicted octanol–water partition coefficient (Wildman–Crippen LogP) is 3.45. The molecular weight excluding hydrogens is 256 g/mol. The first-order valence-electron chi connectivity index (χ1n) is 6.59. The van der Waals surface area contributed by atoms with Gasteiger partial charge in [-0.05, 0) is 24.1 Å². The fourth-order valence-electron chi connectivity index (χ4n) is 2.13. The lowest BCUT2D eigenvalue weighted by Gasteiger charge is -2.11. The Morgan fingerprint density at radius 3 is 2.55 bits per heavy atom. The van der Waals surface area contributed by atoms with Gasteiger partial charge >= 0.3 is 0 Å². The molecular formula is C15H20N2O3. The number of anilines is 1. The first-order chi connectivity index (χ1) is 9.62. The summed E-state index contributed by atoms with van der Waals surface area (Å²) in [6, 6.07) is 5.66. The number of aromatic nitrogens is 1. The molecule has 108 valence electrons. The van der Waals surface area contributed by atoms with Crippen molar-refractivity contribution >= 4 is 5.88 Å². The normalized spacial score (nSPS) is 12.2. The van der Waals surface area contributed by atoms with E-state index in [2.05, 4.69) is 19.0 Å². The number of hydrogen-bond donors (Lipinski definition) is 1. The molecule has 0 bridgehead atoms. The first-order valence-corrected chi connectivity index (χ1v) is 6.59. The standard InChI is InChI=1S/C15H20N2O3/c1-5-9(2)14-13(15(16)20-17-14)10-6-7-11(18-3)12(8-10)19-4/h6-9H,5,16H2,1-4H3. The molecule has 0 saturated heterocycles. The molecule has 5 heteroatoms. The van der Waals surface area contributed by atoms with E-state index in [9.17, 15) is 0 Å². The minimum absolute atomic E-state index is 0.277. The molecule has 0 fully saturated rings. The number of nitrogens with two attached hydrogens (primary N) is 1. The van der Waals surface area contributed by atoms with Gasteiger partial charge in [0.05, 0.1) is 25.5 Å². The van der Waals surface area contributed by atoms with Crippen molar-refractivity contribution in [1.29, 1.82) is 0 Å². The Morgan fingerprint density at radius 2 is 1.95 bits per heavy atom. The SMILES string of the molecule is CCC(C)c1noc(N)c1-c1ccc(OC)c(OC)c1. The highest BCUT2D eigenvalue weighted by Crippen LogP contribution is 2.39. The van der Waals surface area contributed by atoms with Gasteiger partial charge in [-0.2, -0.15) is 0 Å². The highest BCUT2D eigenvalue weighted by molar-refractivity contribution is 5.77. The third kappa shape index (κ3) is 2.43. The molecule has 0 aliphatic rings. The average Bonchev–Trinajstić information content (AvgIpc) is 2.87. The van der Waals surface area contributed by atoms with Crippen molar-refractivity contribution in [2.24, 2.45) is 0 Å². The zero-order valence-electron chi connectivity index (χ0n) is 12.3. The van der Waals surface area contributed by atoms with Crippen LogP contribution in [0.4, 0.5) is 5.88 Å². The number of benzene rings is 1. The molecule has 0 spiro atoms. The summed E-state index contributed by atoms with van der Waals surface area (Å²) in [5, 5.41) is 4.09. The molecule has 1 heterocycles. The summed E-state index contributed by atoms with van der Waals surface area (Å²) in [6.45, 7) is 4.20. The highest BCUT2D eigenvalue weighted by atomic mass is 16.5. The van der Waals surface area contributed by atoms with Crippen LogP contribution in [0.5, 0.6) is 11.5 Å². The fraction of sp³-hybridized carbons (Fsp3) is 0.400. The Hall–Kier alpha value is -2.17. The summed E-state index contributed by atoms with van der Waals surface area (Å²) in [5.41, 5.74) is 8.55. The van der Waals surface area contributed by atoms with Crippen molar-refractivity contribution in [3.8, 4) is 22.6 Å². The lowest BCUT2D eigenvalue weighted by molar-refractivity contribution is 0.355. The topological polar surface area (TPSA) is 70.5 Å². The van der Waals surface area contributed by atoms with Crippen LogP contribution in [-0.4, -0.2) is 19.4 Å². The van der Waals surface area contributed by atoms with Crippen LogP contribution in [-0.2, 0) is 0 Å². The van der Waals surface area contributed by atoms with Crippen LogP contribution in [0.15, 0.2) is 22.7 Å². The van der Waals surface area contributed by atoms with E-state index in [0.717, 1.165) is 23.2 Å². The molecule has 1 aromatic carbocycles. The van der Waals surface area contributed by atoms with Crippen LogP contribution >= 0.6 is 0 Å². The number of ether oxygens (including phenoxy) is 2. The van der Waals surface area contributed by atoms with Crippen LogP contribution in [0.25, 0.3) is 11.1 Å². The minimum Gasteiger partial charge on any atom is -0.493 e. The molecule has 2 aromatic rings. The van der Waals surface area contributed by atoms with Gasteiger partial charge in [0, 0.05) is 5.92 Å². The van der Waals surface area contributed by atoms with E-state index in [-0.39, 0.29) is 5.92 Å². The van der Waals surface area contributed by atoms with Gasteiger partial charge in [-0.25, -0.2) is 0 Å². The molecule has 20 heavy (non-hydrogen) atoms. The van der Waals surface area contributed by atoms with Gasteiger partial charge in [-0.3, -0.25) is 0 Å². The Labute approximate surface area is 118 Å². The smallest absolute Gasteiger partial charge is 0.230 e. The van der Waals surface area contributed by atoms with Gasteiger partial charge < -0.3 is 19.7 Å². The second-order valence-corrected chi connectivity index (χ2v) is 4.69. The third-order valence-electron chi connectivity index (χ3n) is 3.50. The van der Waals surface area contributed by atoms with E-state index in [0.29, 0.717) is 17.4 Å². The highest BCUT2D eigenvalue weighted by Gasteiger charge is 2.20. The van der Waals surface area contributed by atoms with E-state index in [1.807, 2.05) is 18.2 Å². The lowest BCUT2D eigenvalue weighted by Crippen LogP contribution is -1.97. The molecule has 0 aliphatic carbocycles. The zero-order valence-corrected chi connectivity index (χ0v) is 12.3. The van der Waals surface area contributed by atoms with Crippen LogP contribution in [0, 0.1) is 0 Å². The van der Waals surface area contributed by atoms with Gasteiger partial charge in [0.2, 0.25) is 5.88 Å². The number of nitrogen functional groups attached to an aromatic ring is 1. The second-order valence-electron chi connectivity index (χ2n) is 4.69. The summed E-state index contributed by atoms with van der Waals surface area (Å²) in [4.78, 5) is 0. The van der Waals surface area contributed by atoms with Crippen molar-refractivity contribution < 1.29 is 14.0 Å². The van der Waals surface area contributed by atoms with Gasteiger partial charge in [-0.1, -0.05) is 25.1 Å². The summed E-state index contributed by atoms with van der Waals surface area (Å²) in [5.74, 6) is 1.93. The molecule has 1 aromatic heterocycles. The van der Waals surface area contributed by atoms with E-state index in [4.69, 9.17) is 19.7 Å². The van der Waals surface area contributed by atoms with E-state index in [1.54, 1.807) is 14.2 Å². The van der Waals surface area contributed by atoms with Gasteiger partial charge in [-0.15, -0.1) is 0 Å². The largest absolute Gasteiger partial charge is 0.493 e. The van der Waals surface area contributed by atoms with Crippen molar-refractivity contribution in [2.75, 3.05) is 20.0 Å². The Morgan fingerprint density at radius 1 is 1.25 bits per heavy atom. The molecule has 0 saturated carbocycles. The Kier molecular flexibility index (Phi) is 4.17. The van der Waals surface area contributed by atoms with Gasteiger partial charge in [0.15, 0.2) is 11.5 Å². The molecule has 0 radical (unpaired) electrons. The maximum atomic E-state index is 5.93. The predicted molar refractivity (Wildman–Crippen MR) is 78.2 cm³/mol. The average molecular weight is 276 g/mol. The monoisotopic (exact) mass is 276 g/mol. The summed E-state index contributed by atoms with van der Waals surface area (Å²) >= 11 is 0. The lowest BCUT2D eigenvalue weighted by atomic mass is 9.96. The molecule has 2 N–H and O–H groups in total. The van der Waals surface area contributed by atoms with E-state index >= 15 is 0 Å². The van der Waals surface area contributed by atoms with Gasteiger partial charge in [0.1, 0.15) is 0 Å². The minimum atomic E-state index is 0.277. The van der Waals surface area contributed by atoms with Gasteiger partial charge in [0.25, 0.3) is 0 Å². The quantitative estimate of drug-likeness (QED) is 0.905. The Balaban J connectivity index is 2.54. The number of nitrogens with zero attached hydrogens (tertiary/aromatic N) is 1. The van der Waals surface area contributed by atoms with Crippen molar-refractivity contribution in [2.45, 2.75) is 26.2 Å². The van der Waals surface area contributed by atoms with Crippen LogP contribution in [0.1, 0.15) is 31.9 Å².